The lowest BCUT2D eigenvalue weighted by molar-refractivity contribution is -0.177. The first kappa shape index (κ1) is 13.2. The predicted octanol–water partition coefficient (Wildman–Crippen LogP) is 0.723. The molecule has 1 unspecified atom stereocenters. The number of hydrogen-bond acceptors (Lipinski definition) is 6. The Morgan fingerprint density at radius 2 is 2.22 bits per heavy atom. The Hall–Kier alpha value is -1.19. The van der Waals surface area contributed by atoms with E-state index in [0.717, 1.165) is 0 Å². The van der Waals surface area contributed by atoms with Crippen molar-refractivity contribution in [2.24, 2.45) is 5.73 Å². The normalized spacial score (nSPS) is 24.7. The van der Waals surface area contributed by atoms with Crippen molar-refractivity contribution in [1.29, 1.82) is 0 Å². The maximum absolute atomic E-state index is 11.8. The van der Waals surface area contributed by atoms with Crippen molar-refractivity contribution in [3.05, 3.63) is 11.7 Å². The molecule has 1 aliphatic heterocycles. The molecule has 18 heavy (non-hydrogen) atoms. The third-order valence-electron chi connectivity index (χ3n) is 2.44. The fourth-order valence-electron chi connectivity index (χ4n) is 1.52. The first-order valence-corrected chi connectivity index (χ1v) is 5.23. The van der Waals surface area contributed by atoms with Crippen molar-refractivity contribution < 1.29 is 27.2 Å². The highest BCUT2D eigenvalue weighted by molar-refractivity contribution is 5.04. The van der Waals surface area contributed by atoms with Gasteiger partial charge in [-0.1, -0.05) is 5.16 Å². The zero-order valence-corrected chi connectivity index (χ0v) is 9.37. The Morgan fingerprint density at radius 1 is 1.44 bits per heavy atom. The molecule has 1 fully saturated rings. The number of nitrogens with zero attached hydrogens (tertiary/aromatic N) is 2. The van der Waals surface area contributed by atoms with Crippen LogP contribution in [-0.2, 0) is 21.6 Å². The largest absolute Gasteiger partial charge is 0.411 e. The van der Waals surface area contributed by atoms with Crippen LogP contribution in [0.4, 0.5) is 13.2 Å². The van der Waals surface area contributed by atoms with Crippen LogP contribution in [0.15, 0.2) is 4.52 Å². The SMILES string of the molecule is NC1(c2nc(COCC(F)(F)F)no2)CCOC1. The molecule has 1 aromatic rings. The van der Waals surface area contributed by atoms with Crippen molar-refractivity contribution >= 4 is 0 Å². The Bertz CT molecular complexity index is 401. The van der Waals surface area contributed by atoms with Gasteiger partial charge in [0, 0.05) is 6.61 Å². The summed E-state index contributed by atoms with van der Waals surface area (Å²) in [6.45, 7) is -0.996. The fraction of sp³-hybridized carbons (Fsp3) is 0.778. The van der Waals surface area contributed by atoms with Crippen LogP contribution in [-0.4, -0.2) is 36.1 Å². The first-order chi connectivity index (χ1) is 8.39. The quantitative estimate of drug-likeness (QED) is 0.865. The molecule has 2 heterocycles. The number of ether oxygens (including phenoxy) is 2. The summed E-state index contributed by atoms with van der Waals surface area (Å²) in [4.78, 5) is 3.91. The highest BCUT2D eigenvalue weighted by Gasteiger charge is 2.38. The number of aromatic nitrogens is 2. The molecule has 2 rings (SSSR count). The van der Waals surface area contributed by atoms with Crippen LogP contribution in [0.25, 0.3) is 0 Å². The Morgan fingerprint density at radius 3 is 2.83 bits per heavy atom. The maximum Gasteiger partial charge on any atom is 0.411 e. The van der Waals surface area contributed by atoms with Gasteiger partial charge in [-0.05, 0) is 6.42 Å². The van der Waals surface area contributed by atoms with E-state index >= 15 is 0 Å². The summed E-state index contributed by atoms with van der Waals surface area (Å²) < 4.78 is 50.0. The van der Waals surface area contributed by atoms with Gasteiger partial charge in [0.15, 0.2) is 5.82 Å². The topological polar surface area (TPSA) is 83.4 Å². The van der Waals surface area contributed by atoms with Gasteiger partial charge in [0.2, 0.25) is 5.89 Å². The second-order valence-corrected chi connectivity index (χ2v) is 4.08. The van der Waals surface area contributed by atoms with Gasteiger partial charge in [-0.2, -0.15) is 18.2 Å². The summed E-state index contributed by atoms with van der Waals surface area (Å²) in [5.74, 6) is 0.191. The predicted molar refractivity (Wildman–Crippen MR) is 51.3 cm³/mol. The van der Waals surface area contributed by atoms with Gasteiger partial charge in [0.1, 0.15) is 18.8 Å². The molecule has 9 heteroatoms. The smallest absolute Gasteiger partial charge is 0.379 e. The molecular weight excluding hydrogens is 255 g/mol. The standard InChI is InChI=1S/C9H12F3N3O3/c10-9(11,12)5-17-3-6-14-7(18-15-6)8(13)1-2-16-4-8/h1-5,13H2. The van der Waals surface area contributed by atoms with E-state index in [-0.39, 0.29) is 24.9 Å². The molecule has 0 spiro atoms. The van der Waals surface area contributed by atoms with Gasteiger partial charge >= 0.3 is 6.18 Å². The number of alkyl halides is 3. The number of hydrogen-bond donors (Lipinski definition) is 1. The molecule has 1 aromatic heterocycles. The van der Waals surface area contributed by atoms with Crippen molar-refractivity contribution in [2.75, 3.05) is 19.8 Å². The van der Waals surface area contributed by atoms with Crippen LogP contribution >= 0.6 is 0 Å². The van der Waals surface area contributed by atoms with Crippen LogP contribution in [0.3, 0.4) is 0 Å². The fourth-order valence-corrected chi connectivity index (χ4v) is 1.52. The maximum atomic E-state index is 11.8. The molecule has 1 aliphatic rings. The van der Waals surface area contributed by atoms with Gasteiger partial charge in [-0.3, -0.25) is 0 Å². The third kappa shape index (κ3) is 3.18. The van der Waals surface area contributed by atoms with Gasteiger partial charge in [-0.15, -0.1) is 0 Å². The van der Waals surface area contributed by atoms with Crippen LogP contribution < -0.4 is 5.73 Å². The lowest BCUT2D eigenvalue weighted by Crippen LogP contribution is -2.37. The van der Waals surface area contributed by atoms with E-state index in [0.29, 0.717) is 13.0 Å². The average molecular weight is 267 g/mol. The van der Waals surface area contributed by atoms with E-state index in [1.807, 2.05) is 0 Å². The third-order valence-corrected chi connectivity index (χ3v) is 2.44. The van der Waals surface area contributed by atoms with Gasteiger partial charge in [0.05, 0.1) is 6.61 Å². The second kappa shape index (κ2) is 4.82. The molecule has 102 valence electrons. The molecule has 0 aromatic carbocycles. The zero-order valence-electron chi connectivity index (χ0n) is 9.37. The van der Waals surface area contributed by atoms with Gasteiger partial charge in [-0.25, -0.2) is 0 Å². The van der Waals surface area contributed by atoms with E-state index in [2.05, 4.69) is 14.9 Å². The van der Waals surface area contributed by atoms with Gasteiger partial charge < -0.3 is 19.7 Å². The Labute approximate surface area is 100 Å². The summed E-state index contributed by atoms with van der Waals surface area (Å²) >= 11 is 0. The lowest BCUT2D eigenvalue weighted by atomic mass is 10.0. The van der Waals surface area contributed by atoms with Gasteiger partial charge in [0.25, 0.3) is 0 Å². The zero-order chi connectivity index (χ0) is 13.2. The van der Waals surface area contributed by atoms with E-state index in [1.54, 1.807) is 0 Å². The number of nitrogens with two attached hydrogens (primary N) is 1. The number of rotatable bonds is 4. The molecule has 0 amide bonds. The number of halogens is 3. The molecule has 0 aliphatic carbocycles. The van der Waals surface area contributed by atoms with E-state index in [4.69, 9.17) is 15.0 Å². The summed E-state index contributed by atoms with van der Waals surface area (Å²) in [7, 11) is 0. The molecule has 1 saturated heterocycles. The molecule has 0 saturated carbocycles. The molecule has 0 radical (unpaired) electrons. The van der Waals surface area contributed by atoms with E-state index < -0.39 is 18.3 Å². The van der Waals surface area contributed by atoms with Crippen molar-refractivity contribution in [3.63, 3.8) is 0 Å². The van der Waals surface area contributed by atoms with E-state index in [9.17, 15) is 13.2 Å². The summed E-state index contributed by atoms with van der Waals surface area (Å²) in [5.41, 5.74) is 5.10. The van der Waals surface area contributed by atoms with Crippen LogP contribution in [0.5, 0.6) is 0 Å². The van der Waals surface area contributed by atoms with Crippen LogP contribution in [0.2, 0.25) is 0 Å². The molecule has 6 nitrogen and oxygen atoms in total. The molecule has 2 N–H and O–H groups in total. The minimum absolute atomic E-state index is 0.0333. The summed E-state index contributed by atoms with van der Waals surface area (Å²) in [6.07, 6.45) is -3.85. The summed E-state index contributed by atoms with van der Waals surface area (Å²) in [6, 6.07) is 0. The first-order valence-electron chi connectivity index (χ1n) is 5.23. The van der Waals surface area contributed by atoms with Crippen LogP contribution in [0.1, 0.15) is 18.1 Å². The lowest BCUT2D eigenvalue weighted by Gasteiger charge is -2.15. The van der Waals surface area contributed by atoms with E-state index in [1.165, 1.54) is 0 Å². The second-order valence-electron chi connectivity index (χ2n) is 4.08. The molecule has 1 atom stereocenters. The summed E-state index contributed by atoms with van der Waals surface area (Å²) in [5, 5.41) is 3.51. The minimum atomic E-state index is -4.37. The van der Waals surface area contributed by atoms with Crippen molar-refractivity contribution in [2.45, 2.75) is 24.7 Å². The van der Waals surface area contributed by atoms with Crippen molar-refractivity contribution in [3.8, 4) is 0 Å². The Kier molecular flexibility index (Phi) is 3.55. The molecular formula is C9H12F3N3O3. The van der Waals surface area contributed by atoms with Crippen molar-refractivity contribution in [1.82, 2.24) is 10.1 Å². The minimum Gasteiger partial charge on any atom is -0.379 e. The average Bonchev–Trinajstić information content (AvgIpc) is 2.86. The molecule has 0 bridgehead atoms. The Balaban J connectivity index is 1.90. The van der Waals surface area contributed by atoms with Crippen LogP contribution in [0, 0.1) is 0 Å². The highest BCUT2D eigenvalue weighted by Crippen LogP contribution is 2.26. The monoisotopic (exact) mass is 267 g/mol. The highest BCUT2D eigenvalue weighted by atomic mass is 19.4.